The van der Waals surface area contributed by atoms with Crippen molar-refractivity contribution in [3.8, 4) is 11.3 Å². The van der Waals surface area contributed by atoms with Gasteiger partial charge in [-0.3, -0.25) is 9.59 Å². The molecule has 0 aliphatic rings. The molecule has 8 nitrogen and oxygen atoms in total. The average molecular weight is 335 g/mol. The molecule has 0 saturated heterocycles. The van der Waals surface area contributed by atoms with Gasteiger partial charge in [-0.05, 0) is 43.5 Å². The molecule has 5 N–H and O–H groups in total. The van der Waals surface area contributed by atoms with E-state index in [-0.39, 0.29) is 18.7 Å². The van der Waals surface area contributed by atoms with E-state index >= 15 is 0 Å². The Balaban J connectivity index is 1.95. The second-order valence-electron chi connectivity index (χ2n) is 5.35. The number of carbonyl (C=O) groups is 2. The lowest BCUT2D eigenvalue weighted by Crippen LogP contribution is -2.37. The molecule has 2 aromatic rings. The van der Waals surface area contributed by atoms with E-state index in [4.69, 9.17) is 16.6 Å². The Labute approximate surface area is 137 Å². The van der Waals surface area contributed by atoms with Gasteiger partial charge in [0, 0.05) is 5.56 Å². The fourth-order valence-electron chi connectivity index (χ4n) is 2.08. The van der Waals surface area contributed by atoms with E-state index in [2.05, 4.69) is 10.2 Å². The lowest BCUT2D eigenvalue weighted by Gasteiger charge is -2.10. The quantitative estimate of drug-likeness (QED) is 0.675. The van der Waals surface area contributed by atoms with Gasteiger partial charge >= 0.3 is 5.97 Å². The van der Waals surface area contributed by atoms with Gasteiger partial charge in [0.15, 0.2) is 0 Å². The minimum absolute atomic E-state index is 0.226. The summed E-state index contributed by atoms with van der Waals surface area (Å²) < 4.78 is 12.9. The number of aromatic nitrogens is 3. The predicted molar refractivity (Wildman–Crippen MR) is 83.5 cm³/mol. The summed E-state index contributed by atoms with van der Waals surface area (Å²) in [6.45, 7) is 0. The summed E-state index contributed by atoms with van der Waals surface area (Å²) in [6, 6.07) is 3.80. The maximum atomic E-state index is 12.9. The number of benzene rings is 1. The van der Waals surface area contributed by atoms with Crippen LogP contribution in [0.15, 0.2) is 30.5 Å². The molecular formula is C15H18FN5O3. The van der Waals surface area contributed by atoms with Crippen molar-refractivity contribution in [2.45, 2.75) is 31.3 Å². The van der Waals surface area contributed by atoms with Crippen molar-refractivity contribution in [3.63, 3.8) is 0 Å². The van der Waals surface area contributed by atoms with Gasteiger partial charge in [-0.25, -0.2) is 4.39 Å². The van der Waals surface area contributed by atoms with Gasteiger partial charge in [-0.1, -0.05) is 0 Å². The van der Waals surface area contributed by atoms with Crippen LogP contribution < -0.4 is 11.5 Å². The number of aliphatic carboxylic acids is 1. The van der Waals surface area contributed by atoms with Crippen LogP contribution in [-0.2, 0) is 4.79 Å². The Hall–Kier alpha value is -2.65. The molecule has 0 fully saturated rings. The Bertz CT molecular complexity index is 716. The van der Waals surface area contributed by atoms with Crippen molar-refractivity contribution in [1.29, 1.82) is 0 Å². The summed E-state index contributed by atoms with van der Waals surface area (Å²) >= 11 is 0. The van der Waals surface area contributed by atoms with Crippen molar-refractivity contribution in [1.82, 2.24) is 15.0 Å². The van der Waals surface area contributed by atoms with Gasteiger partial charge in [0.25, 0.3) is 5.91 Å². The number of halogens is 1. The van der Waals surface area contributed by atoms with Crippen LogP contribution in [0.25, 0.3) is 11.3 Å². The van der Waals surface area contributed by atoms with Crippen LogP contribution >= 0.6 is 0 Å². The number of hydrogen-bond donors (Lipinski definition) is 3. The second-order valence-corrected chi connectivity index (χ2v) is 5.35. The molecule has 0 amide bonds. The van der Waals surface area contributed by atoms with Crippen molar-refractivity contribution >= 4 is 11.9 Å². The maximum Gasteiger partial charge on any atom is 0.320 e. The summed E-state index contributed by atoms with van der Waals surface area (Å²) in [7, 11) is 0. The van der Waals surface area contributed by atoms with Crippen LogP contribution in [0, 0.1) is 5.82 Å². The first-order chi connectivity index (χ1) is 11.4. The van der Waals surface area contributed by atoms with E-state index in [0.717, 1.165) is 4.80 Å². The number of hydrogen-bond acceptors (Lipinski definition) is 6. The summed E-state index contributed by atoms with van der Waals surface area (Å²) in [5, 5.41) is 16.6. The molecule has 1 aromatic heterocycles. The fraction of sp³-hybridized carbons (Fsp3) is 0.333. The van der Waals surface area contributed by atoms with E-state index in [9.17, 15) is 14.0 Å². The first-order valence-corrected chi connectivity index (χ1v) is 7.35. The SMILES string of the molecule is NC(CCC[C@H](N)C(=O)O)C(=O)n1ncc(-c2ccc(F)cc2)n1. The molecule has 24 heavy (non-hydrogen) atoms. The Morgan fingerprint density at radius 3 is 2.42 bits per heavy atom. The zero-order valence-electron chi connectivity index (χ0n) is 12.8. The van der Waals surface area contributed by atoms with Crippen molar-refractivity contribution < 1.29 is 19.1 Å². The van der Waals surface area contributed by atoms with Crippen LogP contribution in [-0.4, -0.2) is 44.1 Å². The first-order valence-electron chi connectivity index (χ1n) is 7.35. The van der Waals surface area contributed by atoms with E-state index in [0.29, 0.717) is 17.7 Å². The Morgan fingerprint density at radius 2 is 1.79 bits per heavy atom. The highest BCUT2D eigenvalue weighted by Gasteiger charge is 2.19. The van der Waals surface area contributed by atoms with Gasteiger partial charge in [0.05, 0.1) is 12.2 Å². The van der Waals surface area contributed by atoms with E-state index in [1.807, 2.05) is 0 Å². The summed E-state index contributed by atoms with van der Waals surface area (Å²) in [5.74, 6) is -1.97. The molecule has 9 heteroatoms. The summed E-state index contributed by atoms with van der Waals surface area (Å²) in [6.07, 6.45) is 2.28. The molecular weight excluding hydrogens is 317 g/mol. The van der Waals surface area contributed by atoms with Gasteiger partial charge in [-0.15, -0.1) is 9.90 Å². The van der Waals surface area contributed by atoms with Crippen LogP contribution in [0.2, 0.25) is 0 Å². The number of carbonyl (C=O) groups excluding carboxylic acids is 1. The second kappa shape index (κ2) is 7.75. The minimum Gasteiger partial charge on any atom is -0.480 e. The molecule has 0 aliphatic heterocycles. The predicted octanol–water partition coefficient (Wildman–Crippen LogP) is 0.634. The number of carboxylic acid groups (broad SMARTS) is 1. The lowest BCUT2D eigenvalue weighted by atomic mass is 10.1. The van der Waals surface area contributed by atoms with Crippen LogP contribution in [0.4, 0.5) is 4.39 Å². The normalized spacial score (nSPS) is 13.5. The van der Waals surface area contributed by atoms with Gasteiger partial charge in [-0.2, -0.15) is 5.10 Å². The lowest BCUT2D eigenvalue weighted by molar-refractivity contribution is -0.138. The zero-order chi connectivity index (χ0) is 17.7. The van der Waals surface area contributed by atoms with Crippen molar-refractivity contribution in [3.05, 3.63) is 36.3 Å². The summed E-state index contributed by atoms with van der Waals surface area (Å²) in [4.78, 5) is 23.7. The van der Waals surface area contributed by atoms with Gasteiger partial charge in [0.1, 0.15) is 17.6 Å². The van der Waals surface area contributed by atoms with Crippen LogP contribution in [0.3, 0.4) is 0 Å². The molecule has 0 saturated carbocycles. The number of nitrogens with two attached hydrogens (primary N) is 2. The number of carboxylic acids is 1. The van der Waals surface area contributed by atoms with E-state index in [1.165, 1.54) is 30.5 Å². The number of nitrogens with zero attached hydrogens (tertiary/aromatic N) is 3. The third-order valence-electron chi connectivity index (χ3n) is 3.49. The highest BCUT2D eigenvalue weighted by molar-refractivity contribution is 5.82. The molecule has 0 aliphatic carbocycles. The van der Waals surface area contributed by atoms with Crippen LogP contribution in [0.1, 0.15) is 24.1 Å². The monoisotopic (exact) mass is 335 g/mol. The third kappa shape index (κ3) is 4.43. The standard InChI is InChI=1S/C15H18FN5O3/c16-10-6-4-9(5-7-10)13-8-19-21(20-13)14(22)11(17)2-1-3-12(18)15(23)24/h4-8,11-12H,1-3,17-18H2,(H,23,24)/t11?,12-/m0/s1. The molecule has 128 valence electrons. The fourth-order valence-corrected chi connectivity index (χ4v) is 2.08. The third-order valence-corrected chi connectivity index (χ3v) is 3.49. The van der Waals surface area contributed by atoms with E-state index in [1.54, 1.807) is 0 Å². The van der Waals surface area contributed by atoms with Gasteiger partial charge < -0.3 is 16.6 Å². The molecule has 1 unspecified atom stereocenters. The molecule has 0 spiro atoms. The highest BCUT2D eigenvalue weighted by atomic mass is 19.1. The molecule has 0 bridgehead atoms. The van der Waals surface area contributed by atoms with Crippen molar-refractivity contribution in [2.24, 2.45) is 11.5 Å². The molecule has 2 atom stereocenters. The summed E-state index contributed by atoms with van der Waals surface area (Å²) in [5.41, 5.74) is 12.2. The Morgan fingerprint density at radius 1 is 1.17 bits per heavy atom. The van der Waals surface area contributed by atoms with Crippen LogP contribution in [0.5, 0.6) is 0 Å². The minimum atomic E-state index is -1.09. The smallest absolute Gasteiger partial charge is 0.320 e. The molecule has 0 radical (unpaired) electrons. The van der Waals surface area contributed by atoms with Gasteiger partial charge in [0.2, 0.25) is 0 Å². The Kier molecular flexibility index (Phi) is 5.72. The largest absolute Gasteiger partial charge is 0.480 e. The zero-order valence-corrected chi connectivity index (χ0v) is 12.8. The number of rotatable bonds is 7. The highest BCUT2D eigenvalue weighted by Crippen LogP contribution is 2.16. The van der Waals surface area contributed by atoms with Crippen molar-refractivity contribution in [2.75, 3.05) is 0 Å². The maximum absolute atomic E-state index is 12.9. The van der Waals surface area contributed by atoms with E-state index < -0.39 is 24.0 Å². The molecule has 2 rings (SSSR count). The average Bonchev–Trinajstić information content (AvgIpc) is 3.04. The molecule has 1 heterocycles. The molecule has 1 aromatic carbocycles. The topological polar surface area (TPSA) is 137 Å². The first kappa shape index (κ1) is 17.7.